The maximum absolute atomic E-state index is 5.75. The van der Waals surface area contributed by atoms with Gasteiger partial charge in [0.1, 0.15) is 0 Å². The van der Waals surface area contributed by atoms with Crippen molar-refractivity contribution < 1.29 is 4.63 Å². The average molecular weight is 223 g/mol. The summed E-state index contributed by atoms with van der Waals surface area (Å²) in [5.41, 5.74) is 7.81. The number of aromatic nitrogens is 2. The Bertz CT molecular complexity index is 455. The van der Waals surface area contributed by atoms with Gasteiger partial charge in [-0.15, -0.1) is 11.8 Å². The van der Waals surface area contributed by atoms with Crippen molar-refractivity contribution in [3.8, 4) is 0 Å². The minimum atomic E-state index is 0.617. The quantitative estimate of drug-likeness (QED) is 0.490. The summed E-state index contributed by atoms with van der Waals surface area (Å²) in [6.07, 6.45) is 2.39. The Morgan fingerprint density at radius 1 is 1.33 bits per heavy atom. The number of hydrogen-bond acceptors (Lipinski definition) is 5. The van der Waals surface area contributed by atoms with Crippen LogP contribution < -0.4 is 5.73 Å². The molecule has 0 unspecified atom stereocenters. The minimum Gasteiger partial charge on any atom is -0.397 e. The van der Waals surface area contributed by atoms with Crippen LogP contribution in [-0.2, 0) is 0 Å². The number of fused-ring (bicyclic) bond motifs is 1. The van der Waals surface area contributed by atoms with Crippen LogP contribution in [-0.4, -0.2) is 16.1 Å². The van der Waals surface area contributed by atoms with Crippen LogP contribution in [0.5, 0.6) is 0 Å². The number of nitrogens with zero attached hydrogens (tertiary/aromatic N) is 2. The molecule has 1 aromatic carbocycles. The second-order valence-corrected chi connectivity index (χ2v) is 4.45. The van der Waals surface area contributed by atoms with Crippen LogP contribution in [0.15, 0.2) is 21.7 Å². The summed E-state index contributed by atoms with van der Waals surface area (Å²) in [7, 11) is 0. The Kier molecular flexibility index (Phi) is 3.11. The Morgan fingerprint density at radius 3 is 2.93 bits per heavy atom. The van der Waals surface area contributed by atoms with Gasteiger partial charge in [0.25, 0.3) is 0 Å². The lowest BCUT2D eigenvalue weighted by atomic mass is 10.3. The van der Waals surface area contributed by atoms with Gasteiger partial charge in [-0.1, -0.05) is 13.3 Å². The molecule has 1 aromatic heterocycles. The summed E-state index contributed by atoms with van der Waals surface area (Å²) in [4.78, 5) is 1.09. The van der Waals surface area contributed by atoms with Crippen molar-refractivity contribution in [2.45, 2.75) is 24.7 Å². The third kappa shape index (κ3) is 2.07. The molecule has 1 heterocycles. The van der Waals surface area contributed by atoms with E-state index >= 15 is 0 Å². The van der Waals surface area contributed by atoms with Gasteiger partial charge in [0.15, 0.2) is 11.0 Å². The third-order valence-corrected chi connectivity index (χ3v) is 3.30. The molecule has 0 amide bonds. The summed E-state index contributed by atoms with van der Waals surface area (Å²) in [5.74, 6) is 1.09. The molecule has 15 heavy (non-hydrogen) atoms. The lowest BCUT2D eigenvalue weighted by molar-refractivity contribution is 0.315. The zero-order chi connectivity index (χ0) is 10.7. The van der Waals surface area contributed by atoms with Crippen molar-refractivity contribution >= 4 is 28.5 Å². The highest BCUT2D eigenvalue weighted by Crippen LogP contribution is 2.29. The van der Waals surface area contributed by atoms with Crippen molar-refractivity contribution in [3.63, 3.8) is 0 Å². The predicted molar refractivity (Wildman–Crippen MR) is 61.8 cm³/mol. The van der Waals surface area contributed by atoms with Crippen molar-refractivity contribution in [2.24, 2.45) is 0 Å². The van der Waals surface area contributed by atoms with Crippen LogP contribution >= 0.6 is 11.8 Å². The zero-order valence-electron chi connectivity index (χ0n) is 8.56. The number of thioether (sulfide) groups is 1. The Labute approximate surface area is 92.2 Å². The van der Waals surface area contributed by atoms with E-state index in [4.69, 9.17) is 10.4 Å². The topological polar surface area (TPSA) is 64.9 Å². The fourth-order valence-corrected chi connectivity index (χ4v) is 2.39. The molecule has 2 N–H and O–H groups in total. The van der Waals surface area contributed by atoms with E-state index in [0.29, 0.717) is 11.2 Å². The van der Waals surface area contributed by atoms with Gasteiger partial charge in [-0.3, -0.25) is 0 Å². The van der Waals surface area contributed by atoms with Gasteiger partial charge >= 0.3 is 0 Å². The molecular formula is C10H13N3OS. The fourth-order valence-electron chi connectivity index (χ4n) is 1.31. The zero-order valence-corrected chi connectivity index (χ0v) is 9.38. The first-order chi connectivity index (χ1) is 7.33. The number of unbranched alkanes of at least 4 members (excludes halogenated alkanes) is 1. The van der Waals surface area contributed by atoms with Gasteiger partial charge in [0, 0.05) is 4.90 Å². The molecule has 0 aliphatic carbocycles. The summed E-state index contributed by atoms with van der Waals surface area (Å²) in [6, 6.07) is 3.82. The Morgan fingerprint density at radius 2 is 2.13 bits per heavy atom. The molecule has 0 bridgehead atoms. The molecule has 0 saturated heterocycles. The monoisotopic (exact) mass is 223 g/mol. The van der Waals surface area contributed by atoms with E-state index in [1.807, 2.05) is 12.1 Å². The molecule has 0 aliphatic rings. The molecular weight excluding hydrogens is 210 g/mol. The molecule has 5 heteroatoms. The van der Waals surface area contributed by atoms with Gasteiger partial charge in [-0.25, -0.2) is 4.63 Å². The number of rotatable bonds is 4. The Hall–Kier alpha value is -1.23. The standard InChI is InChI=1S/C10H13N3OS/c1-2-3-6-15-8-5-4-7(11)9-10(8)13-14-12-9/h4-5H,2-3,6,11H2,1H3. The van der Waals surface area contributed by atoms with Gasteiger partial charge in [0.05, 0.1) is 5.69 Å². The molecule has 0 aliphatic heterocycles. The second kappa shape index (κ2) is 4.53. The molecule has 0 fully saturated rings. The lowest BCUT2D eigenvalue weighted by Crippen LogP contribution is -1.88. The highest BCUT2D eigenvalue weighted by atomic mass is 32.2. The Balaban J connectivity index is 2.27. The first kappa shape index (κ1) is 10.3. The molecule has 0 radical (unpaired) electrons. The van der Waals surface area contributed by atoms with Gasteiger partial charge in [-0.05, 0) is 34.6 Å². The van der Waals surface area contributed by atoms with Crippen LogP contribution in [0.4, 0.5) is 5.69 Å². The largest absolute Gasteiger partial charge is 0.397 e. The van der Waals surface area contributed by atoms with E-state index in [1.54, 1.807) is 11.8 Å². The highest BCUT2D eigenvalue weighted by Gasteiger charge is 2.09. The maximum Gasteiger partial charge on any atom is 0.159 e. The SMILES string of the molecule is CCCCSc1ccc(N)c2nonc12. The number of hydrogen-bond donors (Lipinski definition) is 1. The van der Waals surface area contributed by atoms with E-state index in [2.05, 4.69) is 17.2 Å². The van der Waals surface area contributed by atoms with Crippen molar-refractivity contribution in [3.05, 3.63) is 12.1 Å². The van der Waals surface area contributed by atoms with Crippen LogP contribution in [0.3, 0.4) is 0 Å². The van der Waals surface area contributed by atoms with Crippen molar-refractivity contribution in [2.75, 3.05) is 11.5 Å². The summed E-state index contributed by atoms with van der Waals surface area (Å²) in [5, 5.41) is 7.65. The van der Waals surface area contributed by atoms with Crippen molar-refractivity contribution in [1.29, 1.82) is 0 Å². The minimum absolute atomic E-state index is 0.617. The van der Waals surface area contributed by atoms with E-state index in [0.717, 1.165) is 16.2 Å². The smallest absolute Gasteiger partial charge is 0.159 e. The molecule has 4 nitrogen and oxygen atoms in total. The highest BCUT2D eigenvalue weighted by molar-refractivity contribution is 7.99. The maximum atomic E-state index is 5.75. The molecule has 0 atom stereocenters. The summed E-state index contributed by atoms with van der Waals surface area (Å²) >= 11 is 1.77. The van der Waals surface area contributed by atoms with Crippen LogP contribution in [0.25, 0.3) is 11.0 Å². The first-order valence-electron chi connectivity index (χ1n) is 4.96. The molecule has 2 rings (SSSR count). The number of anilines is 1. The second-order valence-electron chi connectivity index (χ2n) is 3.32. The van der Waals surface area contributed by atoms with E-state index in [9.17, 15) is 0 Å². The molecule has 0 spiro atoms. The average Bonchev–Trinajstić information content (AvgIpc) is 2.71. The van der Waals surface area contributed by atoms with E-state index in [-0.39, 0.29) is 0 Å². The number of nitrogens with two attached hydrogens (primary N) is 1. The van der Waals surface area contributed by atoms with E-state index in [1.165, 1.54) is 12.8 Å². The number of nitrogen functional groups attached to an aromatic ring is 1. The summed E-state index contributed by atoms with van der Waals surface area (Å²) in [6.45, 7) is 2.18. The molecule has 0 saturated carbocycles. The van der Waals surface area contributed by atoms with Crippen LogP contribution in [0.1, 0.15) is 19.8 Å². The number of benzene rings is 1. The fraction of sp³-hybridized carbons (Fsp3) is 0.400. The molecule has 2 aromatic rings. The molecule has 80 valence electrons. The summed E-state index contributed by atoms with van der Waals surface area (Å²) < 4.78 is 4.70. The normalized spacial score (nSPS) is 11.0. The van der Waals surface area contributed by atoms with Crippen molar-refractivity contribution in [1.82, 2.24) is 10.3 Å². The van der Waals surface area contributed by atoms with Gasteiger partial charge < -0.3 is 5.73 Å². The van der Waals surface area contributed by atoms with Gasteiger partial charge in [0.2, 0.25) is 0 Å². The van der Waals surface area contributed by atoms with Crippen LogP contribution in [0.2, 0.25) is 0 Å². The predicted octanol–water partition coefficient (Wildman–Crippen LogP) is 2.70. The van der Waals surface area contributed by atoms with E-state index < -0.39 is 0 Å². The van der Waals surface area contributed by atoms with Crippen LogP contribution in [0, 0.1) is 0 Å². The lowest BCUT2D eigenvalue weighted by Gasteiger charge is -2.01. The first-order valence-corrected chi connectivity index (χ1v) is 5.95. The van der Waals surface area contributed by atoms with Gasteiger partial charge in [-0.2, -0.15) is 0 Å². The third-order valence-electron chi connectivity index (χ3n) is 2.17.